The van der Waals surface area contributed by atoms with Crippen LogP contribution >= 0.6 is 0 Å². The molecule has 0 spiro atoms. The summed E-state index contributed by atoms with van der Waals surface area (Å²) in [7, 11) is -2.41. The van der Waals surface area contributed by atoms with Gasteiger partial charge in [-0.2, -0.15) is 18.7 Å². The molecule has 4 fully saturated rings. The Labute approximate surface area is 342 Å². The van der Waals surface area contributed by atoms with E-state index in [1.807, 2.05) is 4.90 Å². The lowest BCUT2D eigenvalue weighted by Crippen LogP contribution is -2.51. The SMILES string of the molecule is CC(C)[Si](C#Cc1c(F)ccc2cccc(-c3c(F)c(OC(F)F)c4c(N5CC6CCC(C5)N6)nc(OC[C@@]56CCCN5C/C(=C\F)C6)nc4c3F)c12)(C(C)C)C(C)C. The van der Waals surface area contributed by atoms with E-state index in [1.165, 1.54) is 18.2 Å². The Morgan fingerprint density at radius 1 is 0.949 bits per heavy atom. The number of hydrogen-bond acceptors (Lipinski definition) is 7. The van der Waals surface area contributed by atoms with Crippen LogP contribution in [0.25, 0.3) is 32.8 Å². The van der Waals surface area contributed by atoms with Crippen molar-refractivity contribution in [2.45, 2.75) is 115 Å². The summed E-state index contributed by atoms with van der Waals surface area (Å²) < 4.78 is 105. The lowest BCUT2D eigenvalue weighted by Gasteiger charge is -2.38. The molecule has 0 radical (unpaired) electrons. The molecule has 3 atom stereocenters. The van der Waals surface area contributed by atoms with Crippen LogP contribution < -0.4 is 19.7 Å². The maximum absolute atomic E-state index is 17.7. The van der Waals surface area contributed by atoms with E-state index in [1.54, 1.807) is 12.1 Å². The molecule has 0 aliphatic carbocycles. The summed E-state index contributed by atoms with van der Waals surface area (Å²) in [4.78, 5) is 13.2. The molecule has 1 aromatic heterocycles. The molecule has 7 nitrogen and oxygen atoms in total. The van der Waals surface area contributed by atoms with E-state index in [2.05, 4.69) is 73.2 Å². The van der Waals surface area contributed by atoms with Crippen LogP contribution in [-0.2, 0) is 0 Å². The monoisotopic (exact) mass is 835 g/mol. The van der Waals surface area contributed by atoms with E-state index < -0.39 is 54.5 Å². The van der Waals surface area contributed by atoms with Crippen LogP contribution in [0, 0.1) is 28.9 Å². The Balaban J connectivity index is 1.36. The van der Waals surface area contributed by atoms with Crippen LogP contribution in [-0.4, -0.2) is 80.0 Å². The molecular weight excluding hydrogens is 785 g/mol. The predicted octanol–water partition coefficient (Wildman–Crippen LogP) is 10.4. The molecule has 314 valence electrons. The topological polar surface area (TPSA) is 62.8 Å². The Kier molecular flexibility index (Phi) is 11.2. The van der Waals surface area contributed by atoms with Gasteiger partial charge in [0.1, 0.15) is 31.8 Å². The number of rotatable bonds is 10. The van der Waals surface area contributed by atoms with Crippen molar-refractivity contribution in [1.29, 1.82) is 0 Å². The van der Waals surface area contributed by atoms with E-state index in [9.17, 15) is 13.2 Å². The first-order valence-electron chi connectivity index (χ1n) is 20.8. The average Bonchev–Trinajstić information content (AvgIpc) is 3.86. The van der Waals surface area contributed by atoms with Gasteiger partial charge in [0, 0.05) is 37.1 Å². The van der Waals surface area contributed by atoms with Crippen LogP contribution in [0.5, 0.6) is 11.8 Å². The fraction of sp³-hybridized carbons (Fsp3) is 0.511. The first kappa shape index (κ1) is 41.4. The summed E-state index contributed by atoms with van der Waals surface area (Å²) in [6.45, 7) is 11.4. The smallest absolute Gasteiger partial charge is 0.387 e. The van der Waals surface area contributed by atoms with Gasteiger partial charge in [-0.3, -0.25) is 4.90 Å². The van der Waals surface area contributed by atoms with Gasteiger partial charge in [-0.25, -0.2) is 17.6 Å². The van der Waals surface area contributed by atoms with Crippen LogP contribution in [0.2, 0.25) is 16.6 Å². The maximum atomic E-state index is 17.7. The van der Waals surface area contributed by atoms with Crippen molar-refractivity contribution >= 4 is 35.6 Å². The lowest BCUT2D eigenvalue weighted by molar-refractivity contribution is -0.0510. The molecule has 4 aliphatic heterocycles. The van der Waals surface area contributed by atoms with Crippen molar-refractivity contribution in [1.82, 2.24) is 20.2 Å². The third kappa shape index (κ3) is 7.14. The highest BCUT2D eigenvalue weighted by atomic mass is 28.3. The van der Waals surface area contributed by atoms with Crippen molar-refractivity contribution in [2.75, 3.05) is 37.7 Å². The van der Waals surface area contributed by atoms with E-state index in [4.69, 9.17) is 9.47 Å². The number of hydrogen-bond donors (Lipinski definition) is 1. The van der Waals surface area contributed by atoms with E-state index in [-0.39, 0.29) is 69.0 Å². The highest BCUT2D eigenvalue weighted by molar-refractivity contribution is 6.90. The summed E-state index contributed by atoms with van der Waals surface area (Å²) in [6, 6.07) is 7.34. The molecule has 5 heterocycles. The molecule has 4 saturated heterocycles. The summed E-state index contributed by atoms with van der Waals surface area (Å²) in [6.07, 6.45) is 4.42. The summed E-state index contributed by atoms with van der Waals surface area (Å²) in [5.74, 6) is -0.973. The van der Waals surface area contributed by atoms with Gasteiger partial charge in [0.15, 0.2) is 17.4 Å². The fourth-order valence-corrected chi connectivity index (χ4v) is 16.1. The van der Waals surface area contributed by atoms with Crippen LogP contribution in [0.3, 0.4) is 0 Å². The Morgan fingerprint density at radius 2 is 1.66 bits per heavy atom. The van der Waals surface area contributed by atoms with Gasteiger partial charge in [-0.1, -0.05) is 71.7 Å². The second-order valence-electron chi connectivity index (χ2n) is 17.8. The third-order valence-corrected chi connectivity index (χ3v) is 19.8. The van der Waals surface area contributed by atoms with Crippen molar-refractivity contribution in [3.8, 4) is 34.4 Å². The van der Waals surface area contributed by atoms with Crippen molar-refractivity contribution in [3.05, 3.63) is 65.2 Å². The zero-order valence-electron chi connectivity index (χ0n) is 34.4. The van der Waals surface area contributed by atoms with Gasteiger partial charge in [0.05, 0.1) is 28.4 Å². The average molecular weight is 836 g/mol. The standard InChI is InChI=1S/C45H51F6N5O2Si/c1-25(2)59(26(3)4,27(5)6)18-15-32-34(47)14-11-29-9-7-10-33(35(29)32)36-38(48)40-37(41(39(36)49)58-43(50)51)42(55-22-30-12-13-31(23-55)52-30)54-44(53-40)57-24-45-16-8-17-56(45)21-28(19-45)20-46/h7,9-11,14,20,25-27,30-31,43,52H,8,12-13,16-17,19,21-24H2,1-6H3/b28-20-/t30?,31?,45-/m0/s1. The number of piperazine rings is 1. The molecule has 59 heavy (non-hydrogen) atoms. The molecule has 14 heteroatoms. The van der Waals surface area contributed by atoms with Crippen LogP contribution in [0.15, 0.2) is 42.2 Å². The highest BCUT2D eigenvalue weighted by Gasteiger charge is 2.48. The molecule has 0 saturated carbocycles. The zero-order chi connectivity index (χ0) is 42.0. The molecule has 4 aromatic rings. The molecule has 3 aromatic carbocycles. The summed E-state index contributed by atoms with van der Waals surface area (Å²) >= 11 is 0. The van der Waals surface area contributed by atoms with Gasteiger partial charge in [0.2, 0.25) is 0 Å². The highest BCUT2D eigenvalue weighted by Crippen LogP contribution is 2.48. The number of benzene rings is 3. The van der Waals surface area contributed by atoms with Crippen molar-refractivity contribution in [3.63, 3.8) is 0 Å². The largest absolute Gasteiger partial charge is 0.461 e. The van der Waals surface area contributed by atoms with Gasteiger partial charge in [-0.05, 0) is 77.9 Å². The minimum absolute atomic E-state index is 0.00724. The fourth-order valence-electron chi connectivity index (χ4n) is 10.9. The van der Waals surface area contributed by atoms with E-state index in [0.29, 0.717) is 43.3 Å². The second kappa shape index (κ2) is 15.9. The summed E-state index contributed by atoms with van der Waals surface area (Å²) in [5.41, 5.74) is 3.02. The Morgan fingerprint density at radius 3 is 2.32 bits per heavy atom. The van der Waals surface area contributed by atoms with Gasteiger partial charge >= 0.3 is 12.6 Å². The number of aromatic nitrogens is 2. The third-order valence-electron chi connectivity index (χ3n) is 13.5. The predicted molar refractivity (Wildman–Crippen MR) is 222 cm³/mol. The molecule has 8 rings (SSSR count). The minimum atomic E-state index is -3.49. The number of fused-ring (bicyclic) bond motifs is 5. The second-order valence-corrected chi connectivity index (χ2v) is 23.3. The quantitative estimate of drug-likeness (QED) is 0.0970. The number of halogens is 6. The molecular formula is C45H51F6N5O2Si. The Hall–Kier alpha value is -4.32. The first-order chi connectivity index (χ1) is 28.2. The van der Waals surface area contributed by atoms with E-state index in [0.717, 1.165) is 32.2 Å². The van der Waals surface area contributed by atoms with Crippen molar-refractivity contribution < 1.29 is 35.8 Å². The number of ether oxygens (including phenoxy) is 2. The summed E-state index contributed by atoms with van der Waals surface area (Å²) in [5, 5.41) is 3.76. The first-order valence-corrected chi connectivity index (χ1v) is 23.0. The van der Waals surface area contributed by atoms with Crippen LogP contribution in [0.1, 0.15) is 79.2 Å². The van der Waals surface area contributed by atoms with E-state index >= 15 is 13.2 Å². The number of nitrogens with zero attached hydrogens (tertiary/aromatic N) is 4. The normalized spacial score (nSPS) is 22.8. The molecule has 2 bridgehead atoms. The maximum Gasteiger partial charge on any atom is 0.387 e. The van der Waals surface area contributed by atoms with Crippen molar-refractivity contribution in [2.24, 2.45) is 0 Å². The number of nitrogens with one attached hydrogen (secondary N) is 1. The zero-order valence-corrected chi connectivity index (χ0v) is 35.4. The van der Waals surface area contributed by atoms with Gasteiger partial charge < -0.3 is 19.7 Å². The lowest BCUT2D eigenvalue weighted by atomic mass is 9.92. The number of alkyl halides is 2. The molecule has 2 unspecified atom stereocenters. The Bertz CT molecular complexity index is 2350. The van der Waals surface area contributed by atoms with Gasteiger partial charge in [0.25, 0.3) is 0 Å². The number of anilines is 1. The van der Waals surface area contributed by atoms with Gasteiger partial charge in [-0.15, -0.1) is 5.54 Å². The molecule has 1 N–H and O–H groups in total. The van der Waals surface area contributed by atoms with Crippen LogP contribution in [0.4, 0.5) is 32.2 Å². The minimum Gasteiger partial charge on any atom is -0.461 e. The molecule has 0 amide bonds. The molecule has 4 aliphatic rings.